The summed E-state index contributed by atoms with van der Waals surface area (Å²) in [4.78, 5) is 1.21. The molecule has 2 aromatic rings. The quantitative estimate of drug-likeness (QED) is 0.806. The Kier molecular flexibility index (Phi) is 3.46. The highest BCUT2D eigenvalue weighted by Gasteiger charge is 2.24. The highest BCUT2D eigenvalue weighted by atomic mass is 35.5. The topological polar surface area (TPSA) is 12.0 Å². The number of aryl methyl sites for hydroxylation is 1. The normalized spacial score (nSPS) is 18.2. The van der Waals surface area contributed by atoms with E-state index in [4.69, 9.17) is 11.6 Å². The Morgan fingerprint density at radius 3 is 2.74 bits per heavy atom. The molecule has 1 aromatic carbocycles. The van der Waals surface area contributed by atoms with Crippen molar-refractivity contribution in [3.8, 4) is 0 Å². The number of rotatable bonds is 2. The molecular weight excluding hydrogens is 288 g/mol. The van der Waals surface area contributed by atoms with E-state index in [1.54, 1.807) is 11.3 Å². The monoisotopic (exact) mass is 299 g/mol. The van der Waals surface area contributed by atoms with Crippen molar-refractivity contribution in [3.05, 3.63) is 50.7 Å². The van der Waals surface area contributed by atoms with Gasteiger partial charge in [0.2, 0.25) is 0 Å². The maximum Gasteiger partial charge on any atom is 0.149 e. The summed E-state index contributed by atoms with van der Waals surface area (Å²) in [5.74, 6) is -1.12. The van der Waals surface area contributed by atoms with Crippen LogP contribution >= 0.6 is 22.9 Å². The highest BCUT2D eigenvalue weighted by Crippen LogP contribution is 2.39. The van der Waals surface area contributed by atoms with E-state index in [9.17, 15) is 8.78 Å². The minimum absolute atomic E-state index is 0.0531. The van der Waals surface area contributed by atoms with Crippen molar-refractivity contribution in [1.29, 1.82) is 0 Å². The largest absolute Gasteiger partial charge is 0.373 e. The SMILES string of the molecule is Fc1cccc(F)c1NC1CCCc2sc(Cl)cc21. The molecule has 0 fully saturated rings. The molecule has 1 nitrogen and oxygen atoms in total. The number of anilines is 1. The van der Waals surface area contributed by atoms with Gasteiger partial charge >= 0.3 is 0 Å². The molecule has 0 saturated carbocycles. The molecule has 0 amide bonds. The second-order valence-corrected chi connectivity index (χ2v) is 6.38. The lowest BCUT2D eigenvalue weighted by Gasteiger charge is -2.25. The molecule has 0 spiro atoms. The first-order chi connectivity index (χ1) is 9.15. The Labute approximate surface area is 119 Å². The van der Waals surface area contributed by atoms with Gasteiger partial charge in [0, 0.05) is 4.88 Å². The molecule has 19 heavy (non-hydrogen) atoms. The fourth-order valence-corrected chi connectivity index (χ4v) is 3.86. The first-order valence-electron chi connectivity index (χ1n) is 6.14. The molecule has 1 unspecified atom stereocenters. The Morgan fingerprint density at radius 1 is 1.26 bits per heavy atom. The van der Waals surface area contributed by atoms with Crippen LogP contribution in [0.3, 0.4) is 0 Å². The smallest absolute Gasteiger partial charge is 0.149 e. The number of fused-ring (bicyclic) bond motifs is 1. The maximum atomic E-state index is 13.7. The number of benzene rings is 1. The average Bonchev–Trinajstić information content (AvgIpc) is 2.75. The van der Waals surface area contributed by atoms with E-state index in [1.807, 2.05) is 6.07 Å². The molecule has 3 rings (SSSR count). The Bertz CT molecular complexity index is 591. The third kappa shape index (κ3) is 2.47. The van der Waals surface area contributed by atoms with Crippen LogP contribution in [0, 0.1) is 11.6 Å². The fraction of sp³-hybridized carbons (Fsp3) is 0.286. The van der Waals surface area contributed by atoms with Crippen LogP contribution in [0.4, 0.5) is 14.5 Å². The summed E-state index contributed by atoms with van der Waals surface area (Å²) < 4.78 is 28.1. The van der Waals surface area contributed by atoms with Crippen LogP contribution in [0.2, 0.25) is 4.34 Å². The molecule has 1 heterocycles. The van der Waals surface area contributed by atoms with Gasteiger partial charge in [0.1, 0.15) is 17.3 Å². The third-order valence-electron chi connectivity index (χ3n) is 3.37. The Morgan fingerprint density at radius 2 is 2.00 bits per heavy atom. The van der Waals surface area contributed by atoms with Gasteiger partial charge in [-0.15, -0.1) is 11.3 Å². The van der Waals surface area contributed by atoms with Crippen molar-refractivity contribution in [2.45, 2.75) is 25.3 Å². The minimum Gasteiger partial charge on any atom is -0.373 e. The lowest BCUT2D eigenvalue weighted by atomic mass is 9.94. The zero-order chi connectivity index (χ0) is 13.4. The summed E-state index contributed by atoms with van der Waals surface area (Å²) >= 11 is 7.58. The molecule has 100 valence electrons. The molecule has 1 aromatic heterocycles. The third-order valence-corrected chi connectivity index (χ3v) is 4.70. The van der Waals surface area contributed by atoms with Gasteiger partial charge in [-0.05, 0) is 43.0 Å². The second kappa shape index (κ2) is 5.10. The van der Waals surface area contributed by atoms with E-state index in [-0.39, 0.29) is 11.7 Å². The predicted molar refractivity (Wildman–Crippen MR) is 75.0 cm³/mol. The van der Waals surface area contributed by atoms with Gasteiger partial charge in [0.25, 0.3) is 0 Å². The summed E-state index contributed by atoms with van der Waals surface area (Å²) in [6.07, 6.45) is 2.84. The van der Waals surface area contributed by atoms with E-state index >= 15 is 0 Å². The first-order valence-corrected chi connectivity index (χ1v) is 7.33. The highest BCUT2D eigenvalue weighted by molar-refractivity contribution is 7.16. The van der Waals surface area contributed by atoms with Crippen LogP contribution in [0.15, 0.2) is 24.3 Å². The van der Waals surface area contributed by atoms with Crippen LogP contribution in [-0.4, -0.2) is 0 Å². The number of nitrogens with one attached hydrogen (secondary N) is 1. The van der Waals surface area contributed by atoms with E-state index in [0.29, 0.717) is 0 Å². The van der Waals surface area contributed by atoms with E-state index in [2.05, 4.69) is 5.32 Å². The lowest BCUT2D eigenvalue weighted by Crippen LogP contribution is -2.17. The zero-order valence-corrected chi connectivity index (χ0v) is 11.6. The first kappa shape index (κ1) is 12.9. The average molecular weight is 300 g/mol. The summed E-state index contributed by atoms with van der Waals surface area (Å²) in [5.41, 5.74) is 1.02. The maximum absolute atomic E-state index is 13.7. The van der Waals surface area contributed by atoms with Gasteiger partial charge in [-0.3, -0.25) is 0 Å². The van der Waals surface area contributed by atoms with Crippen molar-refractivity contribution < 1.29 is 8.78 Å². The number of hydrogen-bond acceptors (Lipinski definition) is 2. The van der Waals surface area contributed by atoms with Gasteiger partial charge in [-0.2, -0.15) is 0 Å². The van der Waals surface area contributed by atoms with Crippen molar-refractivity contribution in [3.63, 3.8) is 0 Å². The number of para-hydroxylation sites is 1. The van der Waals surface area contributed by atoms with Gasteiger partial charge < -0.3 is 5.32 Å². The molecule has 0 radical (unpaired) electrons. The van der Waals surface area contributed by atoms with Crippen LogP contribution in [0.1, 0.15) is 29.3 Å². The molecule has 5 heteroatoms. The molecular formula is C14H12ClF2NS. The Hall–Kier alpha value is -1.13. The second-order valence-electron chi connectivity index (χ2n) is 4.61. The van der Waals surface area contributed by atoms with Gasteiger partial charge in [-0.25, -0.2) is 8.78 Å². The van der Waals surface area contributed by atoms with Gasteiger partial charge in [0.05, 0.1) is 10.4 Å². The fourth-order valence-electron chi connectivity index (χ4n) is 2.48. The van der Waals surface area contributed by atoms with Crippen LogP contribution in [-0.2, 0) is 6.42 Å². The standard InChI is InChI=1S/C14H12ClF2NS/c15-13-7-8-11(5-2-6-12(8)19-13)18-14-9(16)3-1-4-10(14)17/h1,3-4,7,11,18H,2,5-6H2. The van der Waals surface area contributed by atoms with Crippen molar-refractivity contribution >= 4 is 28.6 Å². The molecule has 0 bridgehead atoms. The predicted octanol–water partition coefficient (Wildman–Crippen LogP) is 5.17. The van der Waals surface area contributed by atoms with Crippen molar-refractivity contribution in [1.82, 2.24) is 0 Å². The minimum atomic E-state index is -0.562. The molecule has 1 atom stereocenters. The molecule has 1 N–H and O–H groups in total. The van der Waals surface area contributed by atoms with Crippen molar-refractivity contribution in [2.24, 2.45) is 0 Å². The summed E-state index contributed by atoms with van der Waals surface area (Å²) in [6, 6.07) is 5.71. The van der Waals surface area contributed by atoms with E-state index in [0.717, 1.165) is 29.2 Å². The van der Waals surface area contributed by atoms with Crippen LogP contribution < -0.4 is 5.32 Å². The lowest BCUT2D eigenvalue weighted by molar-refractivity contribution is 0.564. The number of hydrogen-bond donors (Lipinski definition) is 1. The zero-order valence-electron chi connectivity index (χ0n) is 10.1. The summed E-state index contributed by atoms with van der Waals surface area (Å²) in [7, 11) is 0. The number of halogens is 3. The molecule has 0 saturated heterocycles. The van der Waals surface area contributed by atoms with Crippen molar-refractivity contribution in [2.75, 3.05) is 5.32 Å². The van der Waals surface area contributed by atoms with Gasteiger partial charge in [-0.1, -0.05) is 17.7 Å². The summed E-state index contributed by atoms with van der Waals surface area (Å²) in [6.45, 7) is 0. The van der Waals surface area contributed by atoms with Crippen LogP contribution in [0.5, 0.6) is 0 Å². The summed E-state index contributed by atoms with van der Waals surface area (Å²) in [5, 5.41) is 2.98. The molecule has 0 aliphatic heterocycles. The molecule has 1 aliphatic carbocycles. The van der Waals surface area contributed by atoms with Crippen LogP contribution in [0.25, 0.3) is 0 Å². The Balaban J connectivity index is 1.92. The van der Waals surface area contributed by atoms with E-state index in [1.165, 1.54) is 23.1 Å². The number of thiophene rings is 1. The van der Waals surface area contributed by atoms with E-state index < -0.39 is 11.6 Å². The van der Waals surface area contributed by atoms with Gasteiger partial charge in [0.15, 0.2) is 0 Å². The molecule has 1 aliphatic rings.